The average Bonchev–Trinajstić information content (AvgIpc) is 2.70. The minimum Gasteiger partial charge on any atom is -0.493 e. The Hall–Kier alpha value is -3.43. The molecule has 0 radical (unpaired) electrons. The van der Waals surface area contributed by atoms with Gasteiger partial charge >= 0.3 is 6.18 Å². The molecule has 7 nitrogen and oxygen atoms in total. The van der Waals surface area contributed by atoms with Crippen LogP contribution in [0, 0.1) is 0 Å². The molecular weight excluding hydrogens is 389 g/mol. The van der Waals surface area contributed by atoms with Crippen molar-refractivity contribution in [2.24, 2.45) is 10.7 Å². The van der Waals surface area contributed by atoms with Crippen LogP contribution in [0.4, 0.5) is 18.9 Å². The highest BCUT2D eigenvalue weighted by molar-refractivity contribution is 5.94. The van der Waals surface area contributed by atoms with Crippen LogP contribution in [-0.2, 0) is 6.18 Å². The Bertz CT molecular complexity index is 868. The largest absolute Gasteiger partial charge is 0.493 e. The second-order valence-corrected chi connectivity index (χ2v) is 5.79. The van der Waals surface area contributed by atoms with Crippen molar-refractivity contribution in [1.82, 2.24) is 5.32 Å². The molecule has 0 aliphatic heterocycles. The normalized spacial score (nSPS) is 11.7. The summed E-state index contributed by atoms with van der Waals surface area (Å²) in [7, 11) is 3.04. The van der Waals surface area contributed by atoms with Crippen LogP contribution < -0.4 is 25.8 Å². The maximum Gasteiger partial charge on any atom is 0.416 e. The van der Waals surface area contributed by atoms with E-state index in [0.29, 0.717) is 17.2 Å². The van der Waals surface area contributed by atoms with E-state index in [1.807, 2.05) is 0 Å². The number of anilines is 1. The van der Waals surface area contributed by atoms with Gasteiger partial charge in [0.2, 0.25) is 0 Å². The third-order valence-corrected chi connectivity index (χ3v) is 3.81. The number of carbonyl (C=O) groups excluding carboxylic acids is 1. The number of rotatable bonds is 7. The van der Waals surface area contributed by atoms with E-state index in [1.165, 1.54) is 14.2 Å². The van der Waals surface area contributed by atoms with Crippen molar-refractivity contribution in [2.75, 3.05) is 32.6 Å². The first-order valence-corrected chi connectivity index (χ1v) is 8.49. The Morgan fingerprint density at radius 1 is 1.07 bits per heavy atom. The fraction of sp³-hybridized carbons (Fsp3) is 0.263. The molecule has 4 N–H and O–H groups in total. The summed E-state index contributed by atoms with van der Waals surface area (Å²) in [4.78, 5) is 16.0. The van der Waals surface area contributed by atoms with Gasteiger partial charge in [-0.15, -0.1) is 0 Å². The zero-order valence-corrected chi connectivity index (χ0v) is 15.8. The van der Waals surface area contributed by atoms with Crippen molar-refractivity contribution < 1.29 is 27.4 Å². The van der Waals surface area contributed by atoms with Gasteiger partial charge in [-0.1, -0.05) is 0 Å². The van der Waals surface area contributed by atoms with Gasteiger partial charge in [0.15, 0.2) is 17.5 Å². The molecule has 0 unspecified atom stereocenters. The maximum atomic E-state index is 12.5. The van der Waals surface area contributed by atoms with Gasteiger partial charge in [0.1, 0.15) is 0 Å². The van der Waals surface area contributed by atoms with Gasteiger partial charge in [-0.05, 0) is 36.4 Å². The molecule has 2 rings (SSSR count). The molecule has 0 bridgehead atoms. The molecule has 0 aromatic heterocycles. The molecule has 0 saturated heterocycles. The molecule has 0 aliphatic carbocycles. The lowest BCUT2D eigenvalue weighted by Crippen LogP contribution is -2.28. The Kier molecular flexibility index (Phi) is 7.29. The number of aliphatic imine (C=N–C) groups is 1. The monoisotopic (exact) mass is 410 g/mol. The van der Waals surface area contributed by atoms with Crippen LogP contribution in [0.1, 0.15) is 15.9 Å². The molecule has 10 heteroatoms. The van der Waals surface area contributed by atoms with Crippen molar-refractivity contribution in [1.29, 1.82) is 0 Å². The Balaban J connectivity index is 1.84. The van der Waals surface area contributed by atoms with E-state index in [0.717, 1.165) is 24.3 Å². The summed E-state index contributed by atoms with van der Waals surface area (Å²) in [6.07, 6.45) is -4.44. The third kappa shape index (κ3) is 6.30. The van der Waals surface area contributed by atoms with Crippen LogP contribution in [0.15, 0.2) is 47.5 Å². The molecule has 1 amide bonds. The number of benzene rings is 2. The molecule has 0 saturated carbocycles. The fourth-order valence-electron chi connectivity index (χ4n) is 2.36. The van der Waals surface area contributed by atoms with Crippen molar-refractivity contribution in [2.45, 2.75) is 6.18 Å². The molecule has 29 heavy (non-hydrogen) atoms. The van der Waals surface area contributed by atoms with Gasteiger partial charge in [-0.3, -0.25) is 9.79 Å². The number of carbonyl (C=O) groups is 1. The van der Waals surface area contributed by atoms with Gasteiger partial charge in [-0.25, -0.2) is 0 Å². The Morgan fingerprint density at radius 2 is 1.72 bits per heavy atom. The summed E-state index contributed by atoms with van der Waals surface area (Å²) >= 11 is 0. The number of hydrogen-bond acceptors (Lipinski definition) is 4. The zero-order valence-electron chi connectivity index (χ0n) is 15.8. The second-order valence-electron chi connectivity index (χ2n) is 5.79. The zero-order chi connectivity index (χ0) is 21.4. The lowest BCUT2D eigenvalue weighted by molar-refractivity contribution is -0.137. The minimum atomic E-state index is -4.44. The van der Waals surface area contributed by atoms with Crippen LogP contribution >= 0.6 is 0 Å². The number of hydrogen-bond donors (Lipinski definition) is 3. The number of alkyl halides is 3. The van der Waals surface area contributed by atoms with Crippen molar-refractivity contribution >= 4 is 17.6 Å². The summed E-state index contributed by atoms with van der Waals surface area (Å²) in [6.45, 7) is 0.340. The summed E-state index contributed by atoms with van der Waals surface area (Å²) in [5, 5.41) is 5.44. The lowest BCUT2D eigenvalue weighted by Gasteiger charge is -2.11. The standard InChI is InChI=1S/C19H21F3N4O3/c1-28-15-8-7-14(11-16(15)29-2)26-18(23)25-10-9-24-17(27)12-3-5-13(6-4-12)19(20,21)22/h3-8,11H,9-10H2,1-2H3,(H,24,27)(H3,23,25,26). The quantitative estimate of drug-likeness (QED) is 0.370. The maximum absolute atomic E-state index is 12.5. The van der Waals surface area contributed by atoms with Crippen molar-refractivity contribution in [3.8, 4) is 11.5 Å². The predicted octanol–water partition coefficient (Wildman–Crippen LogP) is 2.88. The molecule has 0 heterocycles. The summed E-state index contributed by atoms with van der Waals surface area (Å²) in [5.74, 6) is 0.718. The number of nitrogens with zero attached hydrogens (tertiary/aromatic N) is 1. The molecule has 0 atom stereocenters. The third-order valence-electron chi connectivity index (χ3n) is 3.81. The molecule has 0 aliphatic rings. The number of guanidine groups is 1. The smallest absolute Gasteiger partial charge is 0.416 e. The van der Waals surface area contributed by atoms with Gasteiger partial charge < -0.3 is 25.8 Å². The van der Waals surface area contributed by atoms with E-state index in [-0.39, 0.29) is 24.6 Å². The molecule has 2 aromatic rings. The minimum absolute atomic E-state index is 0.124. The van der Waals surface area contributed by atoms with E-state index in [9.17, 15) is 18.0 Å². The van der Waals surface area contributed by atoms with E-state index in [1.54, 1.807) is 18.2 Å². The van der Waals surface area contributed by atoms with Gasteiger partial charge in [0.25, 0.3) is 5.91 Å². The van der Waals surface area contributed by atoms with Crippen LogP contribution in [0.5, 0.6) is 11.5 Å². The number of ether oxygens (including phenoxy) is 2. The molecular formula is C19H21F3N4O3. The SMILES string of the molecule is COc1ccc(NC(N)=NCCNC(=O)c2ccc(C(F)(F)F)cc2)cc1OC. The summed E-state index contributed by atoms with van der Waals surface area (Å²) < 4.78 is 47.9. The van der Waals surface area contributed by atoms with E-state index in [2.05, 4.69) is 15.6 Å². The second kappa shape index (κ2) is 9.67. The number of amides is 1. The molecule has 0 fully saturated rings. The Labute approximate surface area is 165 Å². The highest BCUT2D eigenvalue weighted by Crippen LogP contribution is 2.30. The molecule has 2 aromatic carbocycles. The number of methoxy groups -OCH3 is 2. The van der Waals surface area contributed by atoms with Gasteiger partial charge in [0.05, 0.1) is 26.3 Å². The predicted molar refractivity (Wildman–Crippen MR) is 103 cm³/mol. The first-order valence-electron chi connectivity index (χ1n) is 8.49. The van der Waals surface area contributed by atoms with Crippen LogP contribution in [0.25, 0.3) is 0 Å². The van der Waals surface area contributed by atoms with Gasteiger partial charge in [-0.2, -0.15) is 13.2 Å². The van der Waals surface area contributed by atoms with Gasteiger partial charge in [0, 0.05) is 23.9 Å². The summed E-state index contributed by atoms with van der Waals surface area (Å²) in [6, 6.07) is 9.08. The summed E-state index contributed by atoms with van der Waals surface area (Å²) in [5.41, 5.74) is 5.75. The number of nitrogens with two attached hydrogens (primary N) is 1. The topological polar surface area (TPSA) is 98.0 Å². The molecule has 156 valence electrons. The van der Waals surface area contributed by atoms with Crippen LogP contribution in [-0.4, -0.2) is 39.2 Å². The highest BCUT2D eigenvalue weighted by Gasteiger charge is 2.30. The van der Waals surface area contributed by atoms with Crippen LogP contribution in [0.2, 0.25) is 0 Å². The first kappa shape index (κ1) is 21.9. The highest BCUT2D eigenvalue weighted by atomic mass is 19.4. The Morgan fingerprint density at radius 3 is 2.31 bits per heavy atom. The molecule has 0 spiro atoms. The van der Waals surface area contributed by atoms with E-state index >= 15 is 0 Å². The van der Waals surface area contributed by atoms with E-state index < -0.39 is 17.6 Å². The number of halogens is 3. The van der Waals surface area contributed by atoms with Crippen LogP contribution in [0.3, 0.4) is 0 Å². The lowest BCUT2D eigenvalue weighted by atomic mass is 10.1. The van der Waals surface area contributed by atoms with Crippen molar-refractivity contribution in [3.05, 3.63) is 53.6 Å². The van der Waals surface area contributed by atoms with Crippen molar-refractivity contribution in [3.63, 3.8) is 0 Å². The first-order chi connectivity index (χ1) is 13.7. The number of nitrogens with one attached hydrogen (secondary N) is 2. The fourth-order valence-corrected chi connectivity index (χ4v) is 2.36. The average molecular weight is 410 g/mol. The van der Waals surface area contributed by atoms with E-state index in [4.69, 9.17) is 15.2 Å².